The van der Waals surface area contributed by atoms with Crippen LogP contribution in [-0.4, -0.2) is 33.8 Å². The van der Waals surface area contributed by atoms with Crippen LogP contribution in [0.1, 0.15) is 21.5 Å². The van der Waals surface area contributed by atoms with Crippen molar-refractivity contribution >= 4 is 11.6 Å². The summed E-state index contributed by atoms with van der Waals surface area (Å²) >= 11 is 0. The van der Waals surface area contributed by atoms with Crippen molar-refractivity contribution in [2.75, 3.05) is 13.7 Å². The molecule has 29 heavy (non-hydrogen) atoms. The third-order valence-electron chi connectivity index (χ3n) is 5.48. The Morgan fingerprint density at radius 2 is 1.86 bits per heavy atom. The van der Waals surface area contributed by atoms with Crippen molar-refractivity contribution in [1.82, 2.24) is 14.3 Å². The minimum atomic E-state index is 0.0447. The number of amides is 1. The molecule has 0 aliphatic carbocycles. The first kappa shape index (κ1) is 17.5. The van der Waals surface area contributed by atoms with Crippen molar-refractivity contribution in [1.29, 1.82) is 0 Å². The lowest BCUT2D eigenvalue weighted by molar-refractivity contribution is 0.0734. The van der Waals surface area contributed by atoms with Gasteiger partial charge in [-0.2, -0.15) is 0 Å². The van der Waals surface area contributed by atoms with Crippen LogP contribution in [0, 0.1) is 0 Å². The summed E-state index contributed by atoms with van der Waals surface area (Å²) in [5.74, 6) is 0.909. The number of carbonyl (C=O) groups excluding carboxylic acids is 1. The van der Waals surface area contributed by atoms with Gasteiger partial charge in [-0.1, -0.05) is 36.4 Å². The van der Waals surface area contributed by atoms with Crippen LogP contribution in [0.3, 0.4) is 0 Å². The number of rotatable bonds is 3. The van der Waals surface area contributed by atoms with E-state index in [9.17, 15) is 4.79 Å². The average Bonchev–Trinajstić information content (AvgIpc) is 3.22. The van der Waals surface area contributed by atoms with Crippen LogP contribution in [0.2, 0.25) is 0 Å². The molecule has 1 aliphatic rings. The topological polar surface area (TPSA) is 46.8 Å². The first-order chi connectivity index (χ1) is 14.2. The van der Waals surface area contributed by atoms with Gasteiger partial charge in [0.1, 0.15) is 11.4 Å². The number of ether oxygens (including phenoxy) is 1. The SMILES string of the molecule is COc1ccc2c(c1)CCN(C(=O)c1ccc3nc(-c4ccccc4)cn3c1)C2. The Hall–Kier alpha value is -3.60. The van der Waals surface area contributed by atoms with E-state index in [0.29, 0.717) is 18.7 Å². The number of carbonyl (C=O) groups is 1. The van der Waals surface area contributed by atoms with Gasteiger partial charge in [-0.3, -0.25) is 4.79 Å². The smallest absolute Gasteiger partial charge is 0.255 e. The third kappa shape index (κ3) is 3.25. The van der Waals surface area contributed by atoms with Gasteiger partial charge in [-0.25, -0.2) is 4.98 Å². The van der Waals surface area contributed by atoms with Gasteiger partial charge < -0.3 is 14.0 Å². The van der Waals surface area contributed by atoms with Crippen molar-refractivity contribution in [3.05, 3.63) is 89.7 Å². The van der Waals surface area contributed by atoms with Crippen LogP contribution in [0.15, 0.2) is 73.1 Å². The molecule has 2 aromatic carbocycles. The van der Waals surface area contributed by atoms with Crippen LogP contribution in [0.5, 0.6) is 5.75 Å². The molecule has 5 nitrogen and oxygen atoms in total. The van der Waals surface area contributed by atoms with Crippen LogP contribution < -0.4 is 4.74 Å². The number of pyridine rings is 1. The van der Waals surface area contributed by atoms with Crippen LogP contribution in [0.25, 0.3) is 16.9 Å². The molecule has 0 spiro atoms. The van der Waals surface area contributed by atoms with Gasteiger partial charge in [-0.05, 0) is 41.8 Å². The summed E-state index contributed by atoms with van der Waals surface area (Å²) in [5, 5.41) is 0. The molecular weight excluding hydrogens is 362 g/mol. The molecule has 0 radical (unpaired) electrons. The van der Waals surface area contributed by atoms with Gasteiger partial charge in [0, 0.05) is 31.0 Å². The largest absolute Gasteiger partial charge is 0.497 e. The molecule has 0 fully saturated rings. The van der Waals surface area contributed by atoms with Crippen molar-refractivity contribution in [3.63, 3.8) is 0 Å². The van der Waals surface area contributed by atoms with E-state index in [4.69, 9.17) is 4.74 Å². The maximum absolute atomic E-state index is 13.1. The number of hydrogen-bond acceptors (Lipinski definition) is 3. The number of benzene rings is 2. The number of fused-ring (bicyclic) bond motifs is 2. The monoisotopic (exact) mass is 383 g/mol. The minimum absolute atomic E-state index is 0.0447. The Morgan fingerprint density at radius 1 is 1.00 bits per heavy atom. The lowest BCUT2D eigenvalue weighted by Crippen LogP contribution is -2.36. The first-order valence-electron chi connectivity index (χ1n) is 9.70. The van der Waals surface area contributed by atoms with Crippen LogP contribution in [-0.2, 0) is 13.0 Å². The van der Waals surface area contributed by atoms with E-state index in [1.807, 2.05) is 70.2 Å². The number of hydrogen-bond donors (Lipinski definition) is 0. The van der Waals surface area contributed by atoms with Crippen molar-refractivity contribution in [2.24, 2.45) is 0 Å². The van der Waals surface area contributed by atoms with Gasteiger partial charge in [0.25, 0.3) is 5.91 Å². The minimum Gasteiger partial charge on any atom is -0.497 e. The predicted molar refractivity (Wildman–Crippen MR) is 112 cm³/mol. The molecule has 4 aromatic rings. The lowest BCUT2D eigenvalue weighted by Gasteiger charge is -2.29. The average molecular weight is 383 g/mol. The summed E-state index contributed by atoms with van der Waals surface area (Å²) < 4.78 is 7.24. The van der Waals surface area contributed by atoms with Crippen molar-refractivity contribution < 1.29 is 9.53 Å². The predicted octanol–water partition coefficient (Wildman–Crippen LogP) is 4.21. The zero-order valence-corrected chi connectivity index (χ0v) is 16.2. The molecule has 1 aliphatic heterocycles. The highest BCUT2D eigenvalue weighted by atomic mass is 16.5. The summed E-state index contributed by atoms with van der Waals surface area (Å²) in [6.07, 6.45) is 4.68. The summed E-state index contributed by atoms with van der Waals surface area (Å²) in [6.45, 7) is 1.33. The van der Waals surface area contributed by atoms with Crippen LogP contribution in [0.4, 0.5) is 0 Å². The fourth-order valence-electron chi connectivity index (χ4n) is 3.88. The maximum atomic E-state index is 13.1. The van der Waals surface area contributed by atoms with E-state index in [1.165, 1.54) is 11.1 Å². The number of methoxy groups -OCH3 is 1. The van der Waals surface area contributed by atoms with Gasteiger partial charge in [-0.15, -0.1) is 0 Å². The Labute approximate surface area is 169 Å². The fraction of sp³-hybridized carbons (Fsp3) is 0.167. The van der Waals surface area contributed by atoms with Crippen molar-refractivity contribution in [2.45, 2.75) is 13.0 Å². The normalized spacial score (nSPS) is 13.3. The number of aromatic nitrogens is 2. The highest BCUT2D eigenvalue weighted by Crippen LogP contribution is 2.25. The number of nitrogens with zero attached hydrogens (tertiary/aromatic N) is 3. The van der Waals surface area contributed by atoms with E-state index in [-0.39, 0.29) is 5.91 Å². The molecule has 0 atom stereocenters. The summed E-state index contributed by atoms with van der Waals surface area (Å²) in [4.78, 5) is 19.7. The zero-order chi connectivity index (χ0) is 19.8. The Kier molecular flexibility index (Phi) is 4.28. The molecule has 5 rings (SSSR count). The fourth-order valence-corrected chi connectivity index (χ4v) is 3.88. The van der Waals surface area contributed by atoms with Gasteiger partial charge in [0.2, 0.25) is 0 Å². The molecular formula is C24H21N3O2. The van der Waals surface area contributed by atoms with E-state index in [1.54, 1.807) is 7.11 Å². The second kappa shape index (κ2) is 7.09. The standard InChI is InChI=1S/C24H21N3O2/c1-29-21-9-7-19-14-26(12-11-18(19)13-21)24(28)20-8-10-23-25-22(16-27(23)15-20)17-5-3-2-4-6-17/h2-10,13,15-16H,11-12,14H2,1H3. The van der Waals surface area contributed by atoms with Gasteiger partial charge in [0.15, 0.2) is 0 Å². The molecule has 0 N–H and O–H groups in total. The first-order valence-corrected chi connectivity index (χ1v) is 9.70. The van der Waals surface area contributed by atoms with Crippen molar-refractivity contribution in [3.8, 4) is 17.0 Å². The maximum Gasteiger partial charge on any atom is 0.255 e. The molecule has 0 saturated carbocycles. The molecule has 2 aromatic heterocycles. The summed E-state index contributed by atoms with van der Waals surface area (Å²) in [6, 6.07) is 19.9. The third-order valence-corrected chi connectivity index (χ3v) is 5.48. The highest BCUT2D eigenvalue weighted by molar-refractivity contribution is 5.94. The highest BCUT2D eigenvalue weighted by Gasteiger charge is 2.22. The summed E-state index contributed by atoms with van der Waals surface area (Å²) in [5.41, 5.74) is 5.90. The second-order valence-corrected chi connectivity index (χ2v) is 7.29. The van der Waals surface area contributed by atoms with Gasteiger partial charge in [0.05, 0.1) is 18.4 Å². The molecule has 5 heteroatoms. The van der Waals surface area contributed by atoms with E-state index < -0.39 is 0 Å². The number of imidazole rings is 1. The molecule has 1 amide bonds. The summed E-state index contributed by atoms with van der Waals surface area (Å²) in [7, 11) is 1.68. The molecule has 0 bridgehead atoms. The quantitative estimate of drug-likeness (QED) is 0.532. The molecule has 0 unspecified atom stereocenters. The van der Waals surface area contributed by atoms with E-state index in [0.717, 1.165) is 29.1 Å². The molecule has 0 saturated heterocycles. The zero-order valence-electron chi connectivity index (χ0n) is 16.2. The Morgan fingerprint density at radius 3 is 2.69 bits per heavy atom. The molecule has 144 valence electrons. The molecule has 3 heterocycles. The van der Waals surface area contributed by atoms with E-state index >= 15 is 0 Å². The Balaban J connectivity index is 1.41. The second-order valence-electron chi connectivity index (χ2n) is 7.29. The Bertz CT molecular complexity index is 1200. The van der Waals surface area contributed by atoms with Crippen LogP contribution >= 0.6 is 0 Å². The van der Waals surface area contributed by atoms with E-state index in [2.05, 4.69) is 17.1 Å². The lowest BCUT2D eigenvalue weighted by atomic mass is 9.99. The van der Waals surface area contributed by atoms with Gasteiger partial charge >= 0.3 is 0 Å².